The van der Waals surface area contributed by atoms with Crippen molar-refractivity contribution in [2.45, 2.75) is 51.5 Å². The Morgan fingerprint density at radius 3 is 2.42 bits per heavy atom. The molecule has 2 rings (SSSR count). The summed E-state index contributed by atoms with van der Waals surface area (Å²) in [5.74, 6) is 0.934. The average molecular weight is 342 g/mol. The van der Waals surface area contributed by atoms with Gasteiger partial charge < -0.3 is 5.32 Å². The maximum atomic E-state index is 12.1. The molecule has 3 heteroatoms. The van der Waals surface area contributed by atoms with E-state index in [1.165, 1.54) is 27.1 Å². The van der Waals surface area contributed by atoms with E-state index in [4.69, 9.17) is 0 Å². The summed E-state index contributed by atoms with van der Waals surface area (Å²) in [6.45, 7) is 7.03. The minimum atomic E-state index is 0.124. The van der Waals surface area contributed by atoms with Crippen LogP contribution in [0.15, 0.2) is 47.4 Å². The van der Waals surface area contributed by atoms with Gasteiger partial charge in [0.25, 0.3) is 0 Å². The van der Waals surface area contributed by atoms with E-state index in [9.17, 15) is 4.79 Å². The molecule has 0 aliphatic rings. The molecule has 0 bridgehead atoms. The van der Waals surface area contributed by atoms with E-state index in [1.807, 2.05) is 0 Å². The number of carbonyl (C=O) groups excluding carboxylic acids is 1. The fourth-order valence-electron chi connectivity index (χ4n) is 2.59. The molecule has 0 aromatic heterocycles. The van der Waals surface area contributed by atoms with Gasteiger partial charge in [-0.1, -0.05) is 49.7 Å². The Morgan fingerprint density at radius 1 is 1.00 bits per heavy atom. The van der Waals surface area contributed by atoms with E-state index in [2.05, 4.69) is 68.6 Å². The Labute approximate surface area is 150 Å². The third-order valence-electron chi connectivity index (χ3n) is 4.15. The first-order chi connectivity index (χ1) is 11.6. The van der Waals surface area contributed by atoms with E-state index < -0.39 is 0 Å². The molecule has 0 atom stereocenters. The number of carbonyl (C=O) groups is 1. The largest absolute Gasteiger partial charge is 0.352 e. The van der Waals surface area contributed by atoms with Crippen LogP contribution in [0.5, 0.6) is 0 Å². The highest BCUT2D eigenvalue weighted by Crippen LogP contribution is 2.19. The molecule has 0 saturated heterocycles. The van der Waals surface area contributed by atoms with Gasteiger partial charge in [0.05, 0.1) is 0 Å². The summed E-state index contributed by atoms with van der Waals surface area (Å²) in [7, 11) is 0. The highest BCUT2D eigenvalue weighted by molar-refractivity contribution is 7.99. The summed E-state index contributed by atoms with van der Waals surface area (Å²) in [6.07, 6.45) is 2.57. The number of amides is 1. The standard InChI is InChI=1S/C21H27NOS/c1-4-17-8-9-18(5-2)19(14-17)15-22-21(23)12-13-24-20-10-6-16(3)7-11-20/h6-11,14H,4-5,12-13,15H2,1-3H3,(H,22,23). The van der Waals surface area contributed by atoms with Crippen LogP contribution in [-0.4, -0.2) is 11.7 Å². The molecular formula is C21H27NOS. The highest BCUT2D eigenvalue weighted by atomic mass is 32.2. The smallest absolute Gasteiger partial charge is 0.221 e. The van der Waals surface area contributed by atoms with Crippen molar-refractivity contribution in [1.82, 2.24) is 5.32 Å². The molecule has 0 aliphatic heterocycles. The van der Waals surface area contributed by atoms with Crippen molar-refractivity contribution >= 4 is 17.7 Å². The second-order valence-electron chi connectivity index (χ2n) is 6.00. The number of hydrogen-bond acceptors (Lipinski definition) is 2. The number of thioether (sulfide) groups is 1. The Morgan fingerprint density at radius 2 is 1.75 bits per heavy atom. The summed E-state index contributed by atoms with van der Waals surface area (Å²) >= 11 is 1.73. The van der Waals surface area contributed by atoms with Crippen molar-refractivity contribution in [3.8, 4) is 0 Å². The molecular weight excluding hydrogens is 314 g/mol. The van der Waals surface area contributed by atoms with Gasteiger partial charge in [-0.25, -0.2) is 0 Å². The molecule has 0 heterocycles. The van der Waals surface area contributed by atoms with Crippen LogP contribution in [0.2, 0.25) is 0 Å². The lowest BCUT2D eigenvalue weighted by molar-refractivity contribution is -0.120. The fraction of sp³-hybridized carbons (Fsp3) is 0.381. The number of aryl methyl sites for hydroxylation is 3. The zero-order valence-corrected chi connectivity index (χ0v) is 15.7. The van der Waals surface area contributed by atoms with Crippen LogP contribution in [0.1, 0.15) is 42.5 Å². The first-order valence-electron chi connectivity index (χ1n) is 8.69. The molecule has 1 amide bonds. The Hall–Kier alpha value is -1.74. The lowest BCUT2D eigenvalue weighted by atomic mass is 10.0. The fourth-order valence-corrected chi connectivity index (χ4v) is 3.44. The number of nitrogens with one attached hydrogen (secondary N) is 1. The topological polar surface area (TPSA) is 29.1 Å². The van der Waals surface area contributed by atoms with Crippen molar-refractivity contribution in [2.24, 2.45) is 0 Å². The van der Waals surface area contributed by atoms with Crippen LogP contribution in [0, 0.1) is 6.92 Å². The van der Waals surface area contributed by atoms with Gasteiger partial charge in [-0.2, -0.15) is 0 Å². The van der Waals surface area contributed by atoms with Crippen LogP contribution in [-0.2, 0) is 24.2 Å². The SMILES string of the molecule is CCc1ccc(CC)c(CNC(=O)CCSc2ccc(C)cc2)c1. The van der Waals surface area contributed by atoms with E-state index >= 15 is 0 Å². The Kier molecular flexibility index (Phi) is 7.38. The summed E-state index contributed by atoms with van der Waals surface area (Å²) in [6, 6.07) is 15.0. The zero-order chi connectivity index (χ0) is 17.4. The number of rotatable bonds is 8. The molecule has 0 saturated carbocycles. The number of benzene rings is 2. The molecule has 128 valence electrons. The van der Waals surface area contributed by atoms with Crippen LogP contribution in [0.3, 0.4) is 0 Å². The van der Waals surface area contributed by atoms with Gasteiger partial charge in [-0.05, 0) is 48.6 Å². The second-order valence-corrected chi connectivity index (χ2v) is 7.17. The summed E-state index contributed by atoms with van der Waals surface area (Å²) in [5, 5.41) is 3.07. The lowest BCUT2D eigenvalue weighted by Gasteiger charge is -2.11. The quantitative estimate of drug-likeness (QED) is 0.691. The molecule has 2 aromatic carbocycles. The van der Waals surface area contributed by atoms with Crippen molar-refractivity contribution < 1.29 is 4.79 Å². The van der Waals surface area contributed by atoms with Crippen LogP contribution in [0.25, 0.3) is 0 Å². The van der Waals surface area contributed by atoms with Gasteiger partial charge in [-0.15, -0.1) is 11.8 Å². The molecule has 0 spiro atoms. The molecule has 2 nitrogen and oxygen atoms in total. The average Bonchev–Trinajstić information content (AvgIpc) is 2.61. The predicted octanol–water partition coefficient (Wildman–Crippen LogP) is 4.92. The van der Waals surface area contributed by atoms with Crippen molar-refractivity contribution in [1.29, 1.82) is 0 Å². The molecule has 2 aromatic rings. The minimum absolute atomic E-state index is 0.124. The predicted molar refractivity (Wildman–Crippen MR) is 104 cm³/mol. The summed E-state index contributed by atoms with van der Waals surface area (Å²) in [5.41, 5.74) is 5.16. The summed E-state index contributed by atoms with van der Waals surface area (Å²) < 4.78 is 0. The minimum Gasteiger partial charge on any atom is -0.352 e. The molecule has 24 heavy (non-hydrogen) atoms. The van der Waals surface area contributed by atoms with Gasteiger partial charge in [0.1, 0.15) is 0 Å². The van der Waals surface area contributed by atoms with Crippen molar-refractivity contribution in [2.75, 3.05) is 5.75 Å². The van der Waals surface area contributed by atoms with Gasteiger partial charge in [0.2, 0.25) is 5.91 Å². The van der Waals surface area contributed by atoms with Crippen LogP contribution in [0.4, 0.5) is 0 Å². The molecule has 0 fully saturated rings. The van der Waals surface area contributed by atoms with Crippen LogP contribution < -0.4 is 5.32 Å². The maximum Gasteiger partial charge on any atom is 0.221 e. The second kappa shape index (κ2) is 9.53. The zero-order valence-electron chi connectivity index (χ0n) is 14.9. The van der Waals surface area contributed by atoms with Gasteiger partial charge in [0, 0.05) is 23.6 Å². The van der Waals surface area contributed by atoms with Gasteiger partial charge in [-0.3, -0.25) is 4.79 Å². The van der Waals surface area contributed by atoms with Gasteiger partial charge in [0.15, 0.2) is 0 Å². The Bertz CT molecular complexity index is 664. The first kappa shape index (κ1) is 18.6. The number of hydrogen-bond donors (Lipinski definition) is 1. The maximum absolute atomic E-state index is 12.1. The third kappa shape index (κ3) is 5.72. The molecule has 0 unspecified atom stereocenters. The molecule has 0 aliphatic carbocycles. The van der Waals surface area contributed by atoms with E-state index in [0.29, 0.717) is 13.0 Å². The van der Waals surface area contributed by atoms with E-state index in [1.54, 1.807) is 11.8 Å². The van der Waals surface area contributed by atoms with Gasteiger partial charge >= 0.3 is 0 Å². The first-order valence-corrected chi connectivity index (χ1v) is 9.67. The van der Waals surface area contributed by atoms with Crippen molar-refractivity contribution in [3.63, 3.8) is 0 Å². The lowest BCUT2D eigenvalue weighted by Crippen LogP contribution is -2.23. The summed E-state index contributed by atoms with van der Waals surface area (Å²) in [4.78, 5) is 13.3. The normalized spacial score (nSPS) is 10.6. The van der Waals surface area contributed by atoms with Crippen molar-refractivity contribution in [3.05, 3.63) is 64.7 Å². The molecule has 0 radical (unpaired) electrons. The van der Waals surface area contributed by atoms with E-state index in [-0.39, 0.29) is 5.91 Å². The van der Waals surface area contributed by atoms with Crippen LogP contribution >= 0.6 is 11.8 Å². The third-order valence-corrected chi connectivity index (χ3v) is 5.17. The van der Waals surface area contributed by atoms with E-state index in [0.717, 1.165) is 18.6 Å². The monoisotopic (exact) mass is 341 g/mol. The Balaban J connectivity index is 1.79. The highest BCUT2D eigenvalue weighted by Gasteiger charge is 2.06. The molecule has 1 N–H and O–H groups in total.